The average molecular weight is 448 g/mol. The molecule has 3 heterocycles. The number of pyridine rings is 1. The van der Waals surface area contributed by atoms with Gasteiger partial charge < -0.3 is 9.88 Å². The van der Waals surface area contributed by atoms with Crippen molar-refractivity contribution >= 4 is 22.7 Å². The molecule has 3 aromatic rings. The van der Waals surface area contributed by atoms with Gasteiger partial charge in [-0.3, -0.25) is 0 Å². The third kappa shape index (κ3) is 3.93. The summed E-state index contributed by atoms with van der Waals surface area (Å²) in [5, 5.41) is 3.18. The highest BCUT2D eigenvalue weighted by Crippen LogP contribution is 2.35. The normalized spacial score (nSPS) is 18.2. The number of hydrogen-bond acceptors (Lipinski definition) is 5. The molecular weight excluding hydrogens is 424 g/mol. The number of aryl methyl sites for hydroxylation is 1. The number of alkyl halides is 4. The van der Waals surface area contributed by atoms with Gasteiger partial charge in [0.1, 0.15) is 11.3 Å². The van der Waals surface area contributed by atoms with Crippen LogP contribution in [-0.4, -0.2) is 42.9 Å². The van der Waals surface area contributed by atoms with Crippen molar-refractivity contribution in [2.75, 3.05) is 5.32 Å². The van der Waals surface area contributed by atoms with Crippen LogP contribution in [0.2, 0.25) is 0 Å². The van der Waals surface area contributed by atoms with E-state index in [2.05, 4.69) is 25.3 Å². The van der Waals surface area contributed by atoms with Gasteiger partial charge in [0.05, 0.1) is 17.9 Å². The van der Waals surface area contributed by atoms with E-state index in [4.69, 9.17) is 0 Å². The standard InChI is InChI=1S/C22H22F4N6.H2/c1-12-28-18-5-4-16(30-20(18)32(12)11-19(23)24)14-2-3-17-15(14)10-27-21(31-17)29-13-6-8-22(25,26)9-7-13;/h2,4-5,10,13,19H,3,6-9,11H2,1H3,(H,27,29,31);1H. The maximum Gasteiger partial charge on any atom is 0.256 e. The quantitative estimate of drug-likeness (QED) is 0.555. The highest BCUT2D eigenvalue weighted by atomic mass is 19.3. The van der Waals surface area contributed by atoms with E-state index in [1.54, 1.807) is 19.2 Å². The summed E-state index contributed by atoms with van der Waals surface area (Å²) in [6.07, 6.45) is 2.28. The Morgan fingerprint density at radius 1 is 1.19 bits per heavy atom. The zero-order chi connectivity index (χ0) is 22.5. The Morgan fingerprint density at radius 3 is 2.72 bits per heavy atom. The first-order valence-electron chi connectivity index (χ1n) is 10.6. The zero-order valence-corrected chi connectivity index (χ0v) is 17.5. The molecule has 6 nitrogen and oxygen atoms in total. The summed E-state index contributed by atoms with van der Waals surface area (Å²) in [6.45, 7) is 1.23. The lowest BCUT2D eigenvalue weighted by Gasteiger charge is -2.28. The Kier molecular flexibility index (Phi) is 5.10. The average Bonchev–Trinajstić information content (AvgIpc) is 3.29. The van der Waals surface area contributed by atoms with Gasteiger partial charge in [0.15, 0.2) is 5.65 Å². The number of allylic oxidation sites excluding steroid dienone is 1. The van der Waals surface area contributed by atoms with Gasteiger partial charge in [0.2, 0.25) is 11.9 Å². The van der Waals surface area contributed by atoms with Crippen LogP contribution in [0.5, 0.6) is 0 Å². The fraction of sp³-hybridized carbons (Fsp3) is 0.455. The van der Waals surface area contributed by atoms with Gasteiger partial charge in [-0.25, -0.2) is 37.5 Å². The lowest BCUT2D eigenvalue weighted by atomic mass is 9.92. The molecule has 3 aromatic heterocycles. The molecule has 2 aliphatic carbocycles. The first-order valence-corrected chi connectivity index (χ1v) is 10.6. The molecule has 0 saturated heterocycles. The number of hydrogen-bond donors (Lipinski definition) is 1. The van der Waals surface area contributed by atoms with E-state index in [1.165, 1.54) is 4.57 Å². The smallest absolute Gasteiger partial charge is 0.256 e. The van der Waals surface area contributed by atoms with Crippen molar-refractivity contribution in [3.63, 3.8) is 0 Å². The predicted octanol–water partition coefficient (Wildman–Crippen LogP) is 5.02. The summed E-state index contributed by atoms with van der Waals surface area (Å²) in [5.41, 5.74) is 4.12. The number of anilines is 1. The van der Waals surface area contributed by atoms with Crippen molar-refractivity contribution in [1.29, 1.82) is 0 Å². The van der Waals surface area contributed by atoms with Crippen molar-refractivity contribution < 1.29 is 19.0 Å². The fourth-order valence-electron chi connectivity index (χ4n) is 4.41. The summed E-state index contributed by atoms with van der Waals surface area (Å²) < 4.78 is 54.2. The minimum absolute atomic E-state index is 0. The molecule has 0 aliphatic heterocycles. The van der Waals surface area contributed by atoms with E-state index in [9.17, 15) is 17.6 Å². The van der Waals surface area contributed by atoms with Crippen LogP contribution in [-0.2, 0) is 13.0 Å². The maximum atomic E-state index is 13.4. The van der Waals surface area contributed by atoms with Gasteiger partial charge in [-0.05, 0) is 31.9 Å². The number of nitrogens with one attached hydrogen (secondary N) is 1. The van der Waals surface area contributed by atoms with Gasteiger partial charge in [-0.1, -0.05) is 6.08 Å². The van der Waals surface area contributed by atoms with Crippen molar-refractivity contribution in [2.45, 2.75) is 64.0 Å². The van der Waals surface area contributed by atoms with Crippen molar-refractivity contribution in [3.8, 4) is 0 Å². The SMILES string of the molecule is Cc1nc2ccc(C3=CCc4nc(NC5CCC(F)(F)CC5)ncc43)nc2n1CC(F)F.[HH]. The summed E-state index contributed by atoms with van der Waals surface area (Å²) >= 11 is 0. The predicted molar refractivity (Wildman–Crippen MR) is 114 cm³/mol. The molecule has 0 amide bonds. The third-order valence-electron chi connectivity index (χ3n) is 6.09. The Morgan fingerprint density at radius 2 is 1.97 bits per heavy atom. The monoisotopic (exact) mass is 448 g/mol. The Hall–Kier alpha value is -3.04. The van der Waals surface area contributed by atoms with Gasteiger partial charge in [-0.15, -0.1) is 0 Å². The minimum atomic E-state index is -2.58. The summed E-state index contributed by atoms with van der Waals surface area (Å²) in [4.78, 5) is 17.9. The Bertz CT molecular complexity index is 1200. The molecule has 5 rings (SSSR count). The molecule has 0 spiro atoms. The van der Waals surface area contributed by atoms with Crippen molar-refractivity contribution in [2.24, 2.45) is 0 Å². The number of aromatic nitrogens is 5. The van der Waals surface area contributed by atoms with Gasteiger partial charge in [0.25, 0.3) is 6.43 Å². The molecule has 2 aliphatic rings. The van der Waals surface area contributed by atoms with Crippen molar-refractivity contribution in [1.82, 2.24) is 24.5 Å². The molecule has 32 heavy (non-hydrogen) atoms. The van der Waals surface area contributed by atoms with Gasteiger partial charge >= 0.3 is 0 Å². The summed E-state index contributed by atoms with van der Waals surface area (Å²) in [5.74, 6) is -1.65. The van der Waals surface area contributed by atoms with Crippen LogP contribution in [0.4, 0.5) is 23.5 Å². The lowest BCUT2D eigenvalue weighted by molar-refractivity contribution is -0.0361. The molecule has 0 unspecified atom stereocenters. The molecule has 1 N–H and O–H groups in total. The molecule has 0 aromatic carbocycles. The van der Waals surface area contributed by atoms with Crippen LogP contribution in [0, 0.1) is 6.92 Å². The second-order valence-electron chi connectivity index (χ2n) is 8.35. The summed E-state index contributed by atoms with van der Waals surface area (Å²) in [6, 6.07) is 3.53. The van der Waals surface area contributed by atoms with Crippen LogP contribution in [0.3, 0.4) is 0 Å². The van der Waals surface area contributed by atoms with E-state index in [-0.39, 0.29) is 20.3 Å². The van der Waals surface area contributed by atoms with Crippen LogP contribution in [0.1, 0.15) is 49.9 Å². The molecule has 0 bridgehead atoms. The van der Waals surface area contributed by atoms with E-state index in [0.29, 0.717) is 47.9 Å². The molecule has 1 saturated carbocycles. The van der Waals surface area contributed by atoms with Crippen molar-refractivity contribution in [3.05, 3.63) is 47.2 Å². The van der Waals surface area contributed by atoms with Gasteiger partial charge in [-0.2, -0.15) is 0 Å². The highest BCUT2D eigenvalue weighted by Gasteiger charge is 2.35. The number of imidazole rings is 1. The van der Waals surface area contributed by atoms with Gasteiger partial charge in [0, 0.05) is 44.1 Å². The third-order valence-corrected chi connectivity index (χ3v) is 6.09. The number of rotatable bonds is 5. The largest absolute Gasteiger partial charge is 0.351 e. The van der Waals surface area contributed by atoms with Crippen LogP contribution in [0.15, 0.2) is 24.4 Å². The van der Waals surface area contributed by atoms with E-state index >= 15 is 0 Å². The Balaban J connectivity index is 0.00000259. The van der Waals surface area contributed by atoms with E-state index in [0.717, 1.165) is 16.8 Å². The van der Waals surface area contributed by atoms with Crippen LogP contribution >= 0.6 is 0 Å². The minimum Gasteiger partial charge on any atom is -0.351 e. The second-order valence-corrected chi connectivity index (χ2v) is 8.35. The molecule has 0 atom stereocenters. The molecular formula is C22H24F4N6. The molecule has 10 heteroatoms. The molecule has 1 fully saturated rings. The topological polar surface area (TPSA) is 68.5 Å². The lowest BCUT2D eigenvalue weighted by Crippen LogP contribution is -2.32. The summed E-state index contributed by atoms with van der Waals surface area (Å²) in [7, 11) is 0. The first-order chi connectivity index (χ1) is 15.3. The highest BCUT2D eigenvalue weighted by molar-refractivity contribution is 5.85. The fourth-order valence-corrected chi connectivity index (χ4v) is 4.41. The number of nitrogens with zero attached hydrogens (tertiary/aromatic N) is 5. The van der Waals surface area contributed by atoms with E-state index < -0.39 is 18.9 Å². The number of fused-ring (bicyclic) bond motifs is 2. The first kappa shape index (κ1) is 20.8. The second kappa shape index (κ2) is 7.83. The van der Waals surface area contributed by atoms with Crippen LogP contribution < -0.4 is 5.32 Å². The Labute approximate surface area is 183 Å². The number of halogens is 4. The zero-order valence-electron chi connectivity index (χ0n) is 17.5. The molecule has 170 valence electrons. The maximum absolute atomic E-state index is 13.4. The van der Waals surface area contributed by atoms with Crippen LogP contribution in [0.25, 0.3) is 16.7 Å². The van der Waals surface area contributed by atoms with E-state index in [1.807, 2.05) is 12.1 Å². The molecule has 0 radical (unpaired) electrons.